The normalized spacial score (nSPS) is 16.1. The lowest BCUT2D eigenvalue weighted by molar-refractivity contribution is 0.127. The first kappa shape index (κ1) is 17.2. The highest BCUT2D eigenvalue weighted by molar-refractivity contribution is 5.83. The topological polar surface area (TPSA) is 22.3 Å². The Balaban J connectivity index is 1.50. The summed E-state index contributed by atoms with van der Waals surface area (Å²) < 4.78 is 0. The van der Waals surface area contributed by atoms with E-state index in [2.05, 4.69) is 106 Å². The van der Waals surface area contributed by atoms with E-state index in [0.717, 1.165) is 26.2 Å². The van der Waals surface area contributed by atoms with Crippen molar-refractivity contribution in [1.29, 1.82) is 0 Å². The Hall–Kier alpha value is -2.88. The van der Waals surface area contributed by atoms with Crippen molar-refractivity contribution < 1.29 is 0 Å². The van der Waals surface area contributed by atoms with Crippen LogP contribution in [0.15, 0.2) is 91.1 Å². The predicted molar refractivity (Wildman–Crippen MR) is 115 cm³/mol. The number of benzene rings is 3. The van der Waals surface area contributed by atoms with E-state index in [0.29, 0.717) is 0 Å². The Bertz CT molecular complexity index is 990. The molecule has 1 fully saturated rings. The number of para-hydroxylation sites is 1. The van der Waals surface area contributed by atoms with Crippen molar-refractivity contribution in [2.75, 3.05) is 13.1 Å². The van der Waals surface area contributed by atoms with Crippen LogP contribution in [0.25, 0.3) is 10.9 Å². The molecule has 1 aromatic heterocycles. The summed E-state index contributed by atoms with van der Waals surface area (Å²) >= 11 is 0. The van der Waals surface area contributed by atoms with E-state index in [1.807, 2.05) is 0 Å². The van der Waals surface area contributed by atoms with Crippen molar-refractivity contribution in [2.24, 2.45) is 0 Å². The molecule has 0 spiro atoms. The van der Waals surface area contributed by atoms with Gasteiger partial charge in [0.05, 0.1) is 6.17 Å². The summed E-state index contributed by atoms with van der Waals surface area (Å²) in [7, 11) is 0. The molecule has 4 aromatic rings. The first-order chi connectivity index (χ1) is 13.9. The molecule has 3 aromatic carbocycles. The summed E-state index contributed by atoms with van der Waals surface area (Å²) in [4.78, 5) is 8.69. The summed E-state index contributed by atoms with van der Waals surface area (Å²) in [6.45, 7) is 4.09. The lowest BCUT2D eigenvalue weighted by Gasteiger charge is -2.30. The third-order valence-electron chi connectivity index (χ3n) is 5.72. The smallest absolute Gasteiger partial charge is 0.0913 e. The quantitative estimate of drug-likeness (QED) is 0.525. The van der Waals surface area contributed by atoms with Crippen molar-refractivity contribution in [2.45, 2.75) is 19.3 Å². The lowest BCUT2D eigenvalue weighted by Crippen LogP contribution is -2.30. The number of aromatic nitrogens is 1. The molecular formula is C25H25N3. The molecule has 3 heteroatoms. The van der Waals surface area contributed by atoms with Gasteiger partial charge in [0.25, 0.3) is 0 Å². The van der Waals surface area contributed by atoms with Gasteiger partial charge in [0.2, 0.25) is 0 Å². The number of fused-ring (bicyclic) bond motifs is 1. The van der Waals surface area contributed by atoms with E-state index < -0.39 is 0 Å². The van der Waals surface area contributed by atoms with Gasteiger partial charge in [-0.05, 0) is 17.2 Å². The second-order valence-electron chi connectivity index (χ2n) is 7.58. The standard InChI is InChI=1S/C25H25N3/c1-3-9-20(10-4-1)18-27-15-16-28(19-21-11-5-2-6-12-21)25(27)23-17-26-24-14-8-7-13-22(23)24/h1-14,17,25-26H,15-16,18-19H2. The minimum Gasteiger partial charge on any atom is -0.361 e. The molecule has 0 amide bonds. The lowest BCUT2D eigenvalue weighted by atomic mass is 10.1. The van der Waals surface area contributed by atoms with Crippen LogP contribution in [0.5, 0.6) is 0 Å². The maximum Gasteiger partial charge on any atom is 0.0913 e. The Morgan fingerprint density at radius 1 is 0.679 bits per heavy atom. The van der Waals surface area contributed by atoms with E-state index in [1.54, 1.807) is 0 Å². The zero-order valence-corrected chi connectivity index (χ0v) is 16.0. The van der Waals surface area contributed by atoms with Crippen molar-refractivity contribution in [3.8, 4) is 0 Å². The summed E-state index contributed by atoms with van der Waals surface area (Å²) in [5.41, 5.74) is 5.33. The van der Waals surface area contributed by atoms with Crippen LogP contribution in [0.3, 0.4) is 0 Å². The van der Waals surface area contributed by atoms with Gasteiger partial charge in [-0.25, -0.2) is 0 Å². The van der Waals surface area contributed by atoms with Gasteiger partial charge in [0, 0.05) is 48.8 Å². The molecule has 2 heterocycles. The molecule has 1 N–H and O–H groups in total. The molecule has 0 bridgehead atoms. The van der Waals surface area contributed by atoms with E-state index in [1.165, 1.54) is 27.6 Å². The molecule has 0 radical (unpaired) electrons. The second-order valence-corrected chi connectivity index (χ2v) is 7.58. The Morgan fingerprint density at radius 2 is 1.21 bits per heavy atom. The molecule has 140 valence electrons. The third kappa shape index (κ3) is 3.35. The third-order valence-corrected chi connectivity index (χ3v) is 5.72. The number of rotatable bonds is 5. The van der Waals surface area contributed by atoms with Gasteiger partial charge in [-0.15, -0.1) is 0 Å². The van der Waals surface area contributed by atoms with Gasteiger partial charge >= 0.3 is 0 Å². The zero-order chi connectivity index (χ0) is 18.8. The molecule has 1 aliphatic heterocycles. The second kappa shape index (κ2) is 7.63. The number of nitrogens with one attached hydrogen (secondary N) is 1. The minimum absolute atomic E-state index is 0.275. The van der Waals surface area contributed by atoms with Crippen LogP contribution in [-0.4, -0.2) is 27.9 Å². The molecule has 0 unspecified atom stereocenters. The van der Waals surface area contributed by atoms with E-state index in [9.17, 15) is 0 Å². The molecule has 0 aliphatic carbocycles. The van der Waals surface area contributed by atoms with Crippen molar-refractivity contribution in [3.05, 3.63) is 108 Å². The van der Waals surface area contributed by atoms with E-state index in [4.69, 9.17) is 0 Å². The van der Waals surface area contributed by atoms with Gasteiger partial charge in [-0.3, -0.25) is 9.80 Å². The maximum absolute atomic E-state index is 3.48. The summed E-state index contributed by atoms with van der Waals surface area (Å²) in [5, 5.41) is 1.32. The number of H-pyrrole nitrogens is 1. The SMILES string of the molecule is c1ccc(CN2CCN(Cc3ccccc3)C2c2c[nH]c3ccccc23)cc1. The highest BCUT2D eigenvalue weighted by Gasteiger charge is 2.34. The van der Waals surface area contributed by atoms with Crippen LogP contribution in [0.4, 0.5) is 0 Å². The van der Waals surface area contributed by atoms with Crippen LogP contribution in [0, 0.1) is 0 Å². The molecule has 5 rings (SSSR count). The van der Waals surface area contributed by atoms with Gasteiger partial charge in [0.1, 0.15) is 0 Å². The largest absolute Gasteiger partial charge is 0.361 e. The van der Waals surface area contributed by atoms with Crippen molar-refractivity contribution in [1.82, 2.24) is 14.8 Å². The van der Waals surface area contributed by atoms with Crippen LogP contribution in [-0.2, 0) is 13.1 Å². The molecule has 1 aliphatic rings. The number of aromatic amines is 1. The molecule has 3 nitrogen and oxygen atoms in total. The molecule has 0 atom stereocenters. The fourth-order valence-corrected chi connectivity index (χ4v) is 4.40. The van der Waals surface area contributed by atoms with Crippen molar-refractivity contribution in [3.63, 3.8) is 0 Å². The average Bonchev–Trinajstić information content (AvgIpc) is 3.33. The molecule has 28 heavy (non-hydrogen) atoms. The monoisotopic (exact) mass is 367 g/mol. The average molecular weight is 367 g/mol. The minimum atomic E-state index is 0.275. The number of hydrogen-bond acceptors (Lipinski definition) is 2. The van der Waals surface area contributed by atoms with Gasteiger partial charge in [-0.2, -0.15) is 0 Å². The van der Waals surface area contributed by atoms with Crippen LogP contribution in [0.1, 0.15) is 22.9 Å². The number of nitrogens with zero attached hydrogens (tertiary/aromatic N) is 2. The first-order valence-corrected chi connectivity index (χ1v) is 10.0. The van der Waals surface area contributed by atoms with Crippen LogP contribution < -0.4 is 0 Å². The van der Waals surface area contributed by atoms with E-state index in [-0.39, 0.29) is 6.17 Å². The number of hydrogen-bond donors (Lipinski definition) is 1. The first-order valence-electron chi connectivity index (χ1n) is 10.0. The summed E-state index contributed by atoms with van der Waals surface area (Å²) in [6.07, 6.45) is 2.48. The van der Waals surface area contributed by atoms with Gasteiger partial charge in [0.15, 0.2) is 0 Å². The highest BCUT2D eigenvalue weighted by Crippen LogP contribution is 2.36. The molecular weight excluding hydrogens is 342 g/mol. The molecule has 1 saturated heterocycles. The van der Waals surface area contributed by atoms with Crippen molar-refractivity contribution >= 4 is 10.9 Å². The van der Waals surface area contributed by atoms with Crippen LogP contribution in [0.2, 0.25) is 0 Å². The Morgan fingerprint density at radius 3 is 1.82 bits per heavy atom. The summed E-state index contributed by atoms with van der Waals surface area (Å²) in [6, 6.07) is 30.3. The predicted octanol–water partition coefficient (Wildman–Crippen LogP) is 5.18. The zero-order valence-electron chi connectivity index (χ0n) is 16.0. The fraction of sp³-hybridized carbons (Fsp3) is 0.200. The highest BCUT2D eigenvalue weighted by atomic mass is 15.4. The van der Waals surface area contributed by atoms with Crippen LogP contribution >= 0.6 is 0 Å². The Kier molecular flexibility index (Phi) is 4.69. The van der Waals surface area contributed by atoms with Gasteiger partial charge in [-0.1, -0.05) is 78.9 Å². The fourth-order valence-electron chi connectivity index (χ4n) is 4.40. The maximum atomic E-state index is 3.48. The summed E-state index contributed by atoms with van der Waals surface area (Å²) in [5.74, 6) is 0. The van der Waals surface area contributed by atoms with E-state index >= 15 is 0 Å². The van der Waals surface area contributed by atoms with Gasteiger partial charge < -0.3 is 4.98 Å². The Labute approximate surface area is 166 Å². The molecule has 0 saturated carbocycles.